The van der Waals surface area contributed by atoms with E-state index in [0.717, 1.165) is 29.0 Å². The molecule has 94 valence electrons. The van der Waals surface area contributed by atoms with Crippen LogP contribution in [0.3, 0.4) is 0 Å². The Labute approximate surface area is 121 Å². The fourth-order valence-corrected chi connectivity index (χ4v) is 2.59. The molecule has 0 saturated heterocycles. The third-order valence-electron chi connectivity index (χ3n) is 2.76. The van der Waals surface area contributed by atoms with Crippen molar-refractivity contribution in [3.8, 4) is 0 Å². The van der Waals surface area contributed by atoms with Gasteiger partial charge in [0.25, 0.3) is 0 Å². The fraction of sp³-hybridized carbons (Fsp3) is 0.200. The van der Waals surface area contributed by atoms with Crippen LogP contribution in [0.25, 0.3) is 0 Å². The summed E-state index contributed by atoms with van der Waals surface area (Å²) in [6, 6.07) is 16.4. The Bertz CT molecular complexity index is 499. The maximum absolute atomic E-state index is 5.91. The van der Waals surface area contributed by atoms with E-state index >= 15 is 0 Å². The minimum atomic E-state index is 0.759. The summed E-state index contributed by atoms with van der Waals surface area (Å²) in [7, 11) is 0. The van der Waals surface area contributed by atoms with Gasteiger partial charge in [-0.15, -0.1) is 0 Å². The van der Waals surface area contributed by atoms with Crippen molar-refractivity contribution in [3.05, 3.63) is 69.2 Å². The molecule has 3 heteroatoms. The summed E-state index contributed by atoms with van der Waals surface area (Å²) in [5, 5.41) is 4.20. The molecule has 0 fully saturated rings. The van der Waals surface area contributed by atoms with Crippen LogP contribution in [0, 0.1) is 0 Å². The molecule has 0 aromatic heterocycles. The van der Waals surface area contributed by atoms with Crippen LogP contribution in [-0.2, 0) is 13.0 Å². The largest absolute Gasteiger partial charge is 0.312 e. The van der Waals surface area contributed by atoms with E-state index in [4.69, 9.17) is 11.6 Å². The van der Waals surface area contributed by atoms with Crippen LogP contribution in [0.15, 0.2) is 53.0 Å². The van der Waals surface area contributed by atoms with Gasteiger partial charge >= 0.3 is 0 Å². The van der Waals surface area contributed by atoms with E-state index in [0.29, 0.717) is 0 Å². The zero-order chi connectivity index (χ0) is 12.8. The van der Waals surface area contributed by atoms with Gasteiger partial charge in [0.1, 0.15) is 0 Å². The highest BCUT2D eigenvalue weighted by Crippen LogP contribution is 2.21. The molecule has 1 nitrogen and oxygen atoms in total. The van der Waals surface area contributed by atoms with Crippen LogP contribution in [0.1, 0.15) is 11.1 Å². The molecule has 0 amide bonds. The maximum Gasteiger partial charge on any atom is 0.0417 e. The average molecular weight is 325 g/mol. The highest BCUT2D eigenvalue weighted by atomic mass is 79.9. The summed E-state index contributed by atoms with van der Waals surface area (Å²) in [5.41, 5.74) is 2.59. The van der Waals surface area contributed by atoms with Crippen LogP contribution >= 0.6 is 27.5 Å². The van der Waals surface area contributed by atoms with Crippen molar-refractivity contribution in [1.29, 1.82) is 0 Å². The second-order valence-corrected chi connectivity index (χ2v) is 5.44. The predicted molar refractivity (Wildman–Crippen MR) is 81.0 cm³/mol. The van der Waals surface area contributed by atoms with Gasteiger partial charge in [-0.2, -0.15) is 0 Å². The van der Waals surface area contributed by atoms with Crippen molar-refractivity contribution >= 4 is 27.5 Å². The summed E-state index contributed by atoms with van der Waals surface area (Å²) >= 11 is 9.43. The molecule has 2 aromatic rings. The number of halogens is 2. The van der Waals surface area contributed by atoms with Gasteiger partial charge in [-0.3, -0.25) is 0 Å². The number of hydrogen-bond acceptors (Lipinski definition) is 1. The topological polar surface area (TPSA) is 12.0 Å². The molecule has 0 bridgehead atoms. The smallest absolute Gasteiger partial charge is 0.0417 e. The monoisotopic (exact) mass is 323 g/mol. The third kappa shape index (κ3) is 4.13. The van der Waals surface area contributed by atoms with E-state index in [1.165, 1.54) is 11.1 Å². The Hall–Kier alpha value is -0.830. The molecule has 0 saturated carbocycles. The Morgan fingerprint density at radius 2 is 1.83 bits per heavy atom. The molecule has 2 rings (SSSR count). The van der Waals surface area contributed by atoms with E-state index in [1.54, 1.807) is 0 Å². The van der Waals surface area contributed by atoms with Gasteiger partial charge in [-0.05, 0) is 36.2 Å². The minimum absolute atomic E-state index is 0.759. The van der Waals surface area contributed by atoms with Gasteiger partial charge in [0.2, 0.25) is 0 Å². The van der Waals surface area contributed by atoms with Gasteiger partial charge < -0.3 is 5.32 Å². The normalized spacial score (nSPS) is 10.6. The van der Waals surface area contributed by atoms with E-state index in [-0.39, 0.29) is 0 Å². The zero-order valence-electron chi connectivity index (χ0n) is 10.00. The number of benzene rings is 2. The molecule has 18 heavy (non-hydrogen) atoms. The van der Waals surface area contributed by atoms with Gasteiger partial charge in [0.15, 0.2) is 0 Å². The summed E-state index contributed by atoms with van der Waals surface area (Å²) in [4.78, 5) is 0. The number of hydrogen-bond donors (Lipinski definition) is 1. The zero-order valence-corrected chi connectivity index (χ0v) is 12.3. The first-order valence-corrected chi connectivity index (χ1v) is 7.11. The molecule has 0 unspecified atom stereocenters. The van der Waals surface area contributed by atoms with Crippen LogP contribution in [0.4, 0.5) is 0 Å². The molecule has 0 aliphatic rings. The second-order valence-electron chi connectivity index (χ2n) is 4.15. The van der Waals surface area contributed by atoms with Crippen molar-refractivity contribution in [2.45, 2.75) is 13.0 Å². The van der Waals surface area contributed by atoms with Crippen LogP contribution in [0.5, 0.6) is 0 Å². The van der Waals surface area contributed by atoms with Gasteiger partial charge in [0, 0.05) is 16.0 Å². The Balaban J connectivity index is 1.79. The molecule has 0 aliphatic carbocycles. The van der Waals surface area contributed by atoms with Crippen LogP contribution in [-0.4, -0.2) is 6.54 Å². The van der Waals surface area contributed by atoms with Crippen LogP contribution in [0.2, 0.25) is 5.02 Å². The molecular formula is C15H15BrClN. The lowest BCUT2D eigenvalue weighted by atomic mass is 10.1. The SMILES string of the molecule is Clc1ccc(CNCCc2ccccc2)c(Br)c1. The minimum Gasteiger partial charge on any atom is -0.312 e. The van der Waals surface area contributed by atoms with E-state index in [2.05, 4.69) is 45.5 Å². The van der Waals surface area contributed by atoms with Crippen molar-refractivity contribution < 1.29 is 0 Å². The maximum atomic E-state index is 5.91. The average Bonchev–Trinajstić information content (AvgIpc) is 2.38. The quantitative estimate of drug-likeness (QED) is 0.802. The highest BCUT2D eigenvalue weighted by molar-refractivity contribution is 9.10. The summed E-state index contributed by atoms with van der Waals surface area (Å²) < 4.78 is 1.06. The van der Waals surface area contributed by atoms with E-state index in [9.17, 15) is 0 Å². The molecule has 0 atom stereocenters. The summed E-state index contributed by atoms with van der Waals surface area (Å²) in [6.45, 7) is 1.82. The highest BCUT2D eigenvalue weighted by Gasteiger charge is 2.00. The van der Waals surface area contributed by atoms with Gasteiger partial charge in [0.05, 0.1) is 0 Å². The Morgan fingerprint density at radius 1 is 1.06 bits per heavy atom. The molecule has 0 aliphatic heterocycles. The Morgan fingerprint density at radius 3 is 2.56 bits per heavy atom. The molecule has 0 radical (unpaired) electrons. The third-order valence-corrected chi connectivity index (χ3v) is 3.74. The predicted octanol–water partition coefficient (Wildman–Crippen LogP) is 4.43. The first-order valence-electron chi connectivity index (χ1n) is 5.94. The van der Waals surface area contributed by atoms with E-state index in [1.807, 2.05) is 24.3 Å². The molecule has 0 heterocycles. The molecule has 2 aromatic carbocycles. The van der Waals surface area contributed by atoms with Crippen molar-refractivity contribution in [2.24, 2.45) is 0 Å². The van der Waals surface area contributed by atoms with Crippen molar-refractivity contribution in [2.75, 3.05) is 6.54 Å². The van der Waals surface area contributed by atoms with Gasteiger partial charge in [-0.1, -0.05) is 63.9 Å². The summed E-state index contributed by atoms with van der Waals surface area (Å²) in [5.74, 6) is 0. The van der Waals surface area contributed by atoms with E-state index < -0.39 is 0 Å². The molecule has 1 N–H and O–H groups in total. The van der Waals surface area contributed by atoms with Crippen molar-refractivity contribution in [3.63, 3.8) is 0 Å². The molecular weight excluding hydrogens is 310 g/mol. The lowest BCUT2D eigenvalue weighted by Crippen LogP contribution is -2.16. The lowest BCUT2D eigenvalue weighted by molar-refractivity contribution is 0.685. The Kier molecular flexibility index (Phi) is 5.24. The van der Waals surface area contributed by atoms with Crippen LogP contribution < -0.4 is 5.32 Å². The summed E-state index contributed by atoms with van der Waals surface area (Å²) in [6.07, 6.45) is 1.05. The second kappa shape index (κ2) is 6.93. The van der Waals surface area contributed by atoms with Crippen molar-refractivity contribution in [1.82, 2.24) is 5.32 Å². The number of rotatable bonds is 5. The van der Waals surface area contributed by atoms with Gasteiger partial charge in [-0.25, -0.2) is 0 Å². The first kappa shape index (κ1) is 13.6. The first-order chi connectivity index (χ1) is 8.75. The standard InChI is InChI=1S/C15H15BrClN/c16-15-10-14(17)7-6-13(15)11-18-9-8-12-4-2-1-3-5-12/h1-7,10,18H,8-9,11H2. The number of nitrogens with one attached hydrogen (secondary N) is 1. The lowest BCUT2D eigenvalue weighted by Gasteiger charge is -2.07. The fourth-order valence-electron chi connectivity index (χ4n) is 1.77. The molecule has 0 spiro atoms.